The molecule has 1 aliphatic heterocycles. The van der Waals surface area contributed by atoms with Crippen molar-refractivity contribution in [2.75, 3.05) is 10.2 Å². The van der Waals surface area contributed by atoms with Crippen LogP contribution in [0.1, 0.15) is 53.6 Å². The molecule has 3 amide bonds. The number of halogens is 1. The van der Waals surface area contributed by atoms with E-state index in [1.807, 2.05) is 19.9 Å². The van der Waals surface area contributed by atoms with Gasteiger partial charge in [-0.1, -0.05) is 36.9 Å². The summed E-state index contributed by atoms with van der Waals surface area (Å²) in [6, 6.07) is 12.5. The first-order valence-electron chi connectivity index (χ1n) is 10.9. The number of anilines is 2. The van der Waals surface area contributed by atoms with Crippen molar-refractivity contribution >= 4 is 40.7 Å². The Morgan fingerprint density at radius 3 is 2.19 bits per heavy atom. The fraction of sp³-hybridized carbons (Fsp3) is 0.320. The van der Waals surface area contributed by atoms with E-state index in [4.69, 9.17) is 11.6 Å². The number of hydrogen-bond acceptors (Lipinski definition) is 4. The van der Waals surface area contributed by atoms with Crippen LogP contribution in [0.5, 0.6) is 0 Å². The maximum absolute atomic E-state index is 13.0. The summed E-state index contributed by atoms with van der Waals surface area (Å²) >= 11 is 6.23. The molecule has 2 aromatic carbocycles. The van der Waals surface area contributed by atoms with E-state index in [0.717, 1.165) is 41.7 Å². The monoisotopic (exact) mass is 451 g/mol. The Balaban J connectivity index is 1.47. The quantitative estimate of drug-likeness (QED) is 0.640. The molecule has 6 nitrogen and oxygen atoms in total. The van der Waals surface area contributed by atoms with Crippen molar-refractivity contribution in [1.82, 2.24) is 5.32 Å². The van der Waals surface area contributed by atoms with E-state index in [-0.39, 0.29) is 22.7 Å². The second-order valence-corrected chi connectivity index (χ2v) is 8.87. The van der Waals surface area contributed by atoms with E-state index in [1.165, 1.54) is 6.42 Å². The standard InChI is InChI=1S/C25H26ClN3O3/c1-15-12-16(2)14-20(13-15)29-24(31)21(26)22(25(29)32)27-19-10-8-17(9-11-19)23(30)28-18-6-4-3-5-7-18/h8-14,18,27H,3-7H2,1-2H3,(H,28,30). The summed E-state index contributed by atoms with van der Waals surface area (Å²) in [5.41, 5.74) is 3.51. The van der Waals surface area contributed by atoms with Crippen LogP contribution in [0.2, 0.25) is 0 Å². The summed E-state index contributed by atoms with van der Waals surface area (Å²) in [6.45, 7) is 3.81. The molecule has 0 radical (unpaired) electrons. The number of imide groups is 1. The summed E-state index contributed by atoms with van der Waals surface area (Å²) < 4.78 is 0. The van der Waals surface area contributed by atoms with E-state index in [1.54, 1.807) is 36.4 Å². The number of hydrogen-bond donors (Lipinski definition) is 2. The molecular formula is C25H26ClN3O3. The largest absolute Gasteiger partial charge is 0.350 e. The van der Waals surface area contributed by atoms with Crippen molar-refractivity contribution in [2.24, 2.45) is 0 Å². The van der Waals surface area contributed by atoms with Crippen molar-refractivity contribution in [3.8, 4) is 0 Å². The van der Waals surface area contributed by atoms with Crippen LogP contribution in [0.15, 0.2) is 53.2 Å². The Kier molecular flexibility index (Phi) is 6.33. The SMILES string of the molecule is Cc1cc(C)cc(N2C(=O)C(Cl)=C(Nc3ccc(C(=O)NC4CCCCC4)cc3)C2=O)c1. The second-order valence-electron chi connectivity index (χ2n) is 8.49. The summed E-state index contributed by atoms with van der Waals surface area (Å²) in [6.07, 6.45) is 5.56. The maximum Gasteiger partial charge on any atom is 0.283 e. The molecule has 4 rings (SSSR count). The van der Waals surface area contributed by atoms with Gasteiger partial charge in [0, 0.05) is 17.3 Å². The van der Waals surface area contributed by atoms with Gasteiger partial charge in [0.05, 0.1) is 5.69 Å². The average Bonchev–Trinajstić information content (AvgIpc) is 2.97. The van der Waals surface area contributed by atoms with Gasteiger partial charge < -0.3 is 10.6 Å². The molecule has 166 valence electrons. The molecule has 2 N–H and O–H groups in total. The summed E-state index contributed by atoms with van der Waals surface area (Å²) in [5.74, 6) is -1.18. The fourth-order valence-electron chi connectivity index (χ4n) is 4.29. The lowest BCUT2D eigenvalue weighted by molar-refractivity contribution is -0.120. The lowest BCUT2D eigenvalue weighted by Crippen LogP contribution is -2.36. The highest BCUT2D eigenvalue weighted by Crippen LogP contribution is 2.31. The van der Waals surface area contributed by atoms with Gasteiger partial charge in [-0.3, -0.25) is 14.4 Å². The number of carbonyl (C=O) groups excluding carboxylic acids is 3. The Bertz CT molecular complexity index is 1080. The van der Waals surface area contributed by atoms with Gasteiger partial charge in [-0.25, -0.2) is 4.90 Å². The molecule has 32 heavy (non-hydrogen) atoms. The molecule has 0 unspecified atom stereocenters. The van der Waals surface area contributed by atoms with E-state index in [9.17, 15) is 14.4 Å². The first-order valence-corrected chi connectivity index (χ1v) is 11.3. The summed E-state index contributed by atoms with van der Waals surface area (Å²) in [5, 5.41) is 5.88. The van der Waals surface area contributed by atoms with Crippen LogP contribution < -0.4 is 15.5 Å². The van der Waals surface area contributed by atoms with E-state index in [2.05, 4.69) is 10.6 Å². The summed E-state index contributed by atoms with van der Waals surface area (Å²) in [7, 11) is 0. The molecule has 0 bridgehead atoms. The molecule has 0 aromatic heterocycles. The minimum atomic E-state index is -0.562. The molecule has 0 saturated heterocycles. The Labute approximate surface area is 192 Å². The normalized spacial score (nSPS) is 17.2. The highest BCUT2D eigenvalue weighted by molar-refractivity contribution is 6.53. The number of benzene rings is 2. The molecular weight excluding hydrogens is 426 g/mol. The minimum Gasteiger partial charge on any atom is -0.350 e. The van der Waals surface area contributed by atoms with Gasteiger partial charge in [-0.15, -0.1) is 0 Å². The number of amides is 3. The summed E-state index contributed by atoms with van der Waals surface area (Å²) in [4.78, 5) is 39.3. The van der Waals surface area contributed by atoms with Crippen LogP contribution in [0.3, 0.4) is 0 Å². The molecule has 1 saturated carbocycles. The number of carbonyl (C=O) groups is 3. The van der Waals surface area contributed by atoms with Crippen molar-refractivity contribution < 1.29 is 14.4 Å². The fourth-order valence-corrected chi connectivity index (χ4v) is 4.50. The molecule has 7 heteroatoms. The molecule has 2 aromatic rings. The Morgan fingerprint density at radius 1 is 0.938 bits per heavy atom. The third kappa shape index (κ3) is 4.55. The lowest BCUT2D eigenvalue weighted by atomic mass is 9.95. The zero-order chi connectivity index (χ0) is 22.8. The Morgan fingerprint density at radius 2 is 1.56 bits per heavy atom. The van der Waals surface area contributed by atoms with Gasteiger partial charge in [0.1, 0.15) is 10.7 Å². The lowest BCUT2D eigenvalue weighted by Gasteiger charge is -2.22. The minimum absolute atomic E-state index is 0.0234. The molecule has 1 aliphatic carbocycles. The predicted molar refractivity (Wildman–Crippen MR) is 126 cm³/mol. The van der Waals surface area contributed by atoms with Crippen LogP contribution >= 0.6 is 11.6 Å². The molecule has 2 aliphatic rings. The second kappa shape index (κ2) is 9.17. The third-order valence-electron chi connectivity index (χ3n) is 5.85. The first kappa shape index (κ1) is 22.1. The molecule has 0 spiro atoms. The van der Waals surface area contributed by atoms with Crippen LogP contribution in [0, 0.1) is 13.8 Å². The van der Waals surface area contributed by atoms with Crippen molar-refractivity contribution in [3.05, 3.63) is 69.9 Å². The zero-order valence-corrected chi connectivity index (χ0v) is 19.0. The van der Waals surface area contributed by atoms with Crippen molar-refractivity contribution in [3.63, 3.8) is 0 Å². The topological polar surface area (TPSA) is 78.5 Å². The van der Waals surface area contributed by atoms with Crippen LogP contribution in [0.4, 0.5) is 11.4 Å². The van der Waals surface area contributed by atoms with Crippen molar-refractivity contribution in [2.45, 2.75) is 52.0 Å². The van der Waals surface area contributed by atoms with Gasteiger partial charge in [-0.05, 0) is 74.2 Å². The van der Waals surface area contributed by atoms with Gasteiger partial charge >= 0.3 is 0 Å². The van der Waals surface area contributed by atoms with Crippen LogP contribution in [-0.4, -0.2) is 23.8 Å². The van der Waals surface area contributed by atoms with E-state index >= 15 is 0 Å². The van der Waals surface area contributed by atoms with Gasteiger partial charge in [-0.2, -0.15) is 0 Å². The van der Waals surface area contributed by atoms with E-state index in [0.29, 0.717) is 16.9 Å². The number of rotatable bonds is 5. The third-order valence-corrected chi connectivity index (χ3v) is 6.20. The highest BCUT2D eigenvalue weighted by Gasteiger charge is 2.39. The highest BCUT2D eigenvalue weighted by atomic mass is 35.5. The Hall–Kier alpha value is -3.12. The van der Waals surface area contributed by atoms with Crippen molar-refractivity contribution in [1.29, 1.82) is 0 Å². The molecule has 1 fully saturated rings. The predicted octanol–water partition coefficient (Wildman–Crippen LogP) is 4.80. The van der Waals surface area contributed by atoms with Gasteiger partial charge in [0.25, 0.3) is 17.7 Å². The molecule has 0 atom stereocenters. The van der Waals surface area contributed by atoms with Crippen LogP contribution in [0.25, 0.3) is 0 Å². The first-order chi connectivity index (χ1) is 15.3. The van der Waals surface area contributed by atoms with Crippen LogP contribution in [-0.2, 0) is 9.59 Å². The van der Waals surface area contributed by atoms with Gasteiger partial charge in [0.2, 0.25) is 0 Å². The zero-order valence-electron chi connectivity index (χ0n) is 18.2. The maximum atomic E-state index is 13.0. The number of aryl methyl sites for hydroxylation is 2. The number of nitrogens with one attached hydrogen (secondary N) is 2. The van der Waals surface area contributed by atoms with Gasteiger partial charge in [0.15, 0.2) is 0 Å². The van der Waals surface area contributed by atoms with E-state index < -0.39 is 11.8 Å². The average molecular weight is 452 g/mol. The molecule has 1 heterocycles. The number of nitrogens with zero attached hydrogens (tertiary/aromatic N) is 1. The smallest absolute Gasteiger partial charge is 0.283 e.